The van der Waals surface area contributed by atoms with Gasteiger partial charge in [-0.15, -0.1) is 12.4 Å². The van der Waals surface area contributed by atoms with Crippen LogP contribution in [0, 0.1) is 5.82 Å². The average Bonchev–Trinajstić information content (AvgIpc) is 2.84. The summed E-state index contributed by atoms with van der Waals surface area (Å²) < 4.78 is 19.8. The third-order valence-electron chi connectivity index (χ3n) is 7.25. The Hall–Kier alpha value is -2.20. The van der Waals surface area contributed by atoms with Crippen molar-refractivity contribution >= 4 is 12.4 Å². The molecular weight excluding hydrogens is 421 g/mol. The van der Waals surface area contributed by atoms with Gasteiger partial charge in [0.05, 0.1) is 13.2 Å². The quantitative estimate of drug-likeness (QED) is 0.449. The predicted molar refractivity (Wildman–Crippen MR) is 130 cm³/mol. The Balaban J connectivity index is 0.00000245. The van der Waals surface area contributed by atoms with E-state index in [2.05, 4.69) is 59.5 Å². The highest BCUT2D eigenvalue weighted by Crippen LogP contribution is 2.42. The Labute approximate surface area is 196 Å². The van der Waals surface area contributed by atoms with Crippen LogP contribution in [0.4, 0.5) is 4.39 Å². The normalized spacial score (nSPS) is 21.5. The van der Waals surface area contributed by atoms with Gasteiger partial charge in [-0.2, -0.15) is 0 Å². The van der Waals surface area contributed by atoms with E-state index in [1.165, 1.54) is 29.5 Å². The van der Waals surface area contributed by atoms with E-state index in [0.29, 0.717) is 19.1 Å². The number of fused-ring (bicyclic) bond motifs is 1. The molecule has 0 amide bonds. The molecule has 1 unspecified atom stereocenters. The first-order valence-electron chi connectivity index (χ1n) is 11.4. The minimum atomic E-state index is -0.223. The van der Waals surface area contributed by atoms with Crippen LogP contribution in [-0.2, 0) is 16.8 Å². The minimum Gasteiger partial charge on any atom is -0.375 e. The first-order valence-corrected chi connectivity index (χ1v) is 11.4. The highest BCUT2D eigenvalue weighted by molar-refractivity contribution is 5.85. The van der Waals surface area contributed by atoms with Crippen molar-refractivity contribution < 1.29 is 9.13 Å². The summed E-state index contributed by atoms with van der Waals surface area (Å²) in [5, 5.41) is 0. The van der Waals surface area contributed by atoms with E-state index in [4.69, 9.17) is 4.74 Å². The lowest BCUT2D eigenvalue weighted by Gasteiger charge is -2.42. The number of benzene rings is 3. The summed E-state index contributed by atoms with van der Waals surface area (Å²) in [6, 6.07) is 26.6. The molecule has 0 radical (unpaired) electrons. The molecule has 0 aliphatic carbocycles. The second kappa shape index (κ2) is 10.2. The molecule has 168 valence electrons. The number of nitrogens with zero attached hydrogens (tertiary/aromatic N) is 1. The SMILES string of the molecule is Cl.Fc1ccc(C2(CCN3CCC(c4ccccc4)CC3)COCc3ccccc32)cc1. The van der Waals surface area contributed by atoms with E-state index in [9.17, 15) is 4.39 Å². The third-order valence-corrected chi connectivity index (χ3v) is 7.25. The summed E-state index contributed by atoms with van der Waals surface area (Å²) in [6.07, 6.45) is 3.40. The maximum Gasteiger partial charge on any atom is 0.123 e. The van der Waals surface area contributed by atoms with Crippen molar-refractivity contribution in [3.05, 3.63) is 107 Å². The number of halogens is 2. The van der Waals surface area contributed by atoms with Crippen LogP contribution in [0.15, 0.2) is 78.9 Å². The standard InChI is InChI=1S/C28H30FNO.ClH/c29-26-12-10-25(11-13-26)28(21-31-20-24-8-4-5-9-27(24)28)16-19-30-17-14-23(15-18-30)22-6-2-1-3-7-22;/h1-13,23H,14-21H2;1H. The Kier molecular flexibility index (Phi) is 7.30. The molecule has 0 aromatic heterocycles. The first kappa shape index (κ1) is 23.0. The molecular formula is C28H31ClFNO. The van der Waals surface area contributed by atoms with E-state index >= 15 is 0 Å². The minimum absolute atomic E-state index is 0. The van der Waals surface area contributed by atoms with Gasteiger partial charge in [-0.05, 0) is 79.2 Å². The van der Waals surface area contributed by atoms with E-state index in [0.717, 1.165) is 31.6 Å². The molecule has 2 nitrogen and oxygen atoms in total. The second-order valence-corrected chi connectivity index (χ2v) is 9.02. The summed E-state index contributed by atoms with van der Waals surface area (Å²) in [4.78, 5) is 2.60. The Morgan fingerprint density at radius 1 is 0.875 bits per heavy atom. The van der Waals surface area contributed by atoms with Gasteiger partial charge in [0, 0.05) is 5.41 Å². The zero-order valence-electron chi connectivity index (χ0n) is 18.4. The van der Waals surface area contributed by atoms with Crippen molar-refractivity contribution in [3.63, 3.8) is 0 Å². The van der Waals surface area contributed by atoms with Crippen LogP contribution in [0.3, 0.4) is 0 Å². The largest absolute Gasteiger partial charge is 0.375 e. The van der Waals surface area contributed by atoms with E-state index < -0.39 is 0 Å². The molecule has 32 heavy (non-hydrogen) atoms. The fourth-order valence-electron chi connectivity index (χ4n) is 5.45. The van der Waals surface area contributed by atoms with Crippen LogP contribution in [0.25, 0.3) is 0 Å². The zero-order chi connectivity index (χ0) is 21.1. The molecule has 0 spiro atoms. The van der Waals surface area contributed by atoms with E-state index in [1.807, 2.05) is 12.1 Å². The monoisotopic (exact) mass is 451 g/mol. The summed E-state index contributed by atoms with van der Waals surface area (Å²) in [5.41, 5.74) is 4.99. The lowest BCUT2D eigenvalue weighted by molar-refractivity contribution is 0.0560. The summed E-state index contributed by atoms with van der Waals surface area (Å²) in [5.74, 6) is 0.481. The average molecular weight is 452 g/mol. The van der Waals surface area contributed by atoms with E-state index in [1.54, 1.807) is 12.1 Å². The number of hydrogen-bond acceptors (Lipinski definition) is 2. The van der Waals surface area contributed by atoms with Crippen LogP contribution in [0.5, 0.6) is 0 Å². The number of likely N-dealkylation sites (tertiary alicyclic amines) is 1. The van der Waals surface area contributed by atoms with Gasteiger partial charge in [-0.3, -0.25) is 0 Å². The van der Waals surface area contributed by atoms with Crippen molar-refractivity contribution in [2.24, 2.45) is 0 Å². The summed E-state index contributed by atoms with van der Waals surface area (Å²) in [7, 11) is 0. The maximum absolute atomic E-state index is 13.7. The molecule has 1 fully saturated rings. The lowest BCUT2D eigenvalue weighted by atomic mass is 9.70. The van der Waals surface area contributed by atoms with Crippen LogP contribution >= 0.6 is 12.4 Å². The fourth-order valence-corrected chi connectivity index (χ4v) is 5.45. The van der Waals surface area contributed by atoms with Crippen molar-refractivity contribution in [3.8, 4) is 0 Å². The van der Waals surface area contributed by atoms with E-state index in [-0.39, 0.29) is 23.6 Å². The van der Waals surface area contributed by atoms with Crippen molar-refractivity contribution in [1.82, 2.24) is 4.90 Å². The van der Waals surface area contributed by atoms with Crippen LogP contribution in [0.2, 0.25) is 0 Å². The number of rotatable bonds is 5. The Bertz CT molecular complexity index is 1000. The van der Waals surface area contributed by atoms with Crippen LogP contribution in [-0.4, -0.2) is 31.1 Å². The summed E-state index contributed by atoms with van der Waals surface area (Å²) in [6.45, 7) is 4.58. The smallest absolute Gasteiger partial charge is 0.123 e. The number of ether oxygens (including phenoxy) is 1. The highest BCUT2D eigenvalue weighted by atomic mass is 35.5. The van der Waals surface area contributed by atoms with Crippen LogP contribution < -0.4 is 0 Å². The van der Waals surface area contributed by atoms with Gasteiger partial charge < -0.3 is 9.64 Å². The molecule has 3 aromatic rings. The lowest BCUT2D eigenvalue weighted by Crippen LogP contribution is -2.42. The van der Waals surface area contributed by atoms with Crippen LogP contribution in [0.1, 0.15) is 47.4 Å². The predicted octanol–water partition coefficient (Wildman–Crippen LogP) is 6.33. The highest BCUT2D eigenvalue weighted by Gasteiger charge is 2.39. The van der Waals surface area contributed by atoms with Gasteiger partial charge in [0.2, 0.25) is 0 Å². The number of piperidine rings is 1. The van der Waals surface area contributed by atoms with Crippen molar-refractivity contribution in [2.75, 3.05) is 26.2 Å². The Morgan fingerprint density at radius 3 is 2.31 bits per heavy atom. The van der Waals surface area contributed by atoms with Gasteiger partial charge in [0.1, 0.15) is 5.82 Å². The van der Waals surface area contributed by atoms with Gasteiger partial charge >= 0.3 is 0 Å². The second-order valence-electron chi connectivity index (χ2n) is 9.02. The molecule has 2 aliphatic heterocycles. The molecule has 2 heterocycles. The molecule has 0 saturated carbocycles. The Morgan fingerprint density at radius 2 is 1.56 bits per heavy atom. The van der Waals surface area contributed by atoms with Gasteiger partial charge in [-0.1, -0.05) is 66.7 Å². The van der Waals surface area contributed by atoms with Crippen molar-refractivity contribution in [2.45, 2.75) is 37.2 Å². The number of hydrogen-bond donors (Lipinski definition) is 0. The molecule has 0 bridgehead atoms. The molecule has 1 saturated heterocycles. The van der Waals surface area contributed by atoms with Gasteiger partial charge in [0.25, 0.3) is 0 Å². The zero-order valence-corrected chi connectivity index (χ0v) is 19.2. The topological polar surface area (TPSA) is 12.5 Å². The fraction of sp³-hybridized carbons (Fsp3) is 0.357. The third kappa shape index (κ3) is 4.61. The molecule has 0 N–H and O–H groups in total. The van der Waals surface area contributed by atoms with Gasteiger partial charge in [-0.25, -0.2) is 4.39 Å². The van der Waals surface area contributed by atoms with Gasteiger partial charge in [0.15, 0.2) is 0 Å². The maximum atomic E-state index is 13.7. The molecule has 5 rings (SSSR count). The summed E-state index contributed by atoms with van der Waals surface area (Å²) >= 11 is 0. The first-order chi connectivity index (χ1) is 15.2. The molecule has 3 aromatic carbocycles. The molecule has 4 heteroatoms. The molecule has 1 atom stereocenters. The van der Waals surface area contributed by atoms with Crippen molar-refractivity contribution in [1.29, 1.82) is 0 Å². The molecule has 2 aliphatic rings.